The topological polar surface area (TPSA) is 76.0 Å². The molecule has 0 aliphatic rings. The van der Waals surface area contributed by atoms with Crippen molar-refractivity contribution in [3.05, 3.63) is 42.0 Å². The number of rotatable bonds is 4. The molecule has 2 N–H and O–H groups in total. The van der Waals surface area contributed by atoms with Crippen molar-refractivity contribution in [1.82, 2.24) is 9.55 Å². The van der Waals surface area contributed by atoms with Crippen LogP contribution in [0.4, 0.5) is 10.8 Å². The number of aromatic nitrogens is 2. The quantitative estimate of drug-likeness (QED) is 0.777. The highest BCUT2D eigenvalue weighted by Crippen LogP contribution is 2.24. The van der Waals surface area contributed by atoms with Crippen LogP contribution in [-0.4, -0.2) is 21.4 Å². The Hall–Kier alpha value is -2.67. The van der Waals surface area contributed by atoms with Crippen LogP contribution >= 0.6 is 11.3 Å². The fourth-order valence-corrected chi connectivity index (χ4v) is 2.80. The van der Waals surface area contributed by atoms with Gasteiger partial charge in [-0.2, -0.15) is 0 Å². The lowest BCUT2D eigenvalue weighted by Gasteiger charge is -2.07. The first-order chi connectivity index (χ1) is 10.6. The maximum Gasteiger partial charge on any atom is 0.246 e. The van der Waals surface area contributed by atoms with Crippen LogP contribution in [0.3, 0.4) is 0 Å². The molecule has 2 aromatic heterocycles. The van der Waals surface area contributed by atoms with Crippen molar-refractivity contribution in [2.24, 2.45) is 0 Å². The Kier molecular flexibility index (Phi) is 3.88. The van der Waals surface area contributed by atoms with E-state index in [4.69, 9.17) is 0 Å². The second-order valence-electron chi connectivity index (χ2n) is 4.75. The van der Waals surface area contributed by atoms with Gasteiger partial charge in [-0.05, 0) is 18.2 Å². The summed E-state index contributed by atoms with van der Waals surface area (Å²) in [6.07, 6.45) is 3.47. The summed E-state index contributed by atoms with van der Waals surface area (Å²) >= 11 is 1.38. The molecular weight excluding hydrogens is 300 g/mol. The minimum atomic E-state index is -0.141. The molecule has 0 bridgehead atoms. The number of fused-ring (bicyclic) bond motifs is 1. The van der Waals surface area contributed by atoms with E-state index < -0.39 is 0 Å². The molecule has 0 spiro atoms. The van der Waals surface area contributed by atoms with E-state index in [1.54, 1.807) is 11.6 Å². The number of hydrogen-bond acceptors (Lipinski definition) is 4. The van der Waals surface area contributed by atoms with Gasteiger partial charge in [0.2, 0.25) is 11.8 Å². The first kappa shape index (κ1) is 14.3. The molecule has 3 aromatic rings. The average molecular weight is 314 g/mol. The van der Waals surface area contributed by atoms with Crippen LogP contribution in [0.25, 0.3) is 10.9 Å². The fourth-order valence-electron chi connectivity index (χ4n) is 2.26. The average Bonchev–Trinajstić information content (AvgIpc) is 3.09. The molecule has 112 valence electrons. The summed E-state index contributed by atoms with van der Waals surface area (Å²) in [6, 6.07) is 7.49. The maximum atomic E-state index is 12.0. The zero-order valence-electron chi connectivity index (χ0n) is 11.9. The minimum absolute atomic E-state index is 0.123. The van der Waals surface area contributed by atoms with E-state index in [1.807, 2.05) is 35.0 Å². The van der Waals surface area contributed by atoms with Crippen molar-refractivity contribution in [2.45, 2.75) is 13.5 Å². The van der Waals surface area contributed by atoms with Crippen LogP contribution < -0.4 is 10.6 Å². The molecule has 7 heteroatoms. The highest BCUT2D eigenvalue weighted by Gasteiger charge is 2.10. The van der Waals surface area contributed by atoms with E-state index in [-0.39, 0.29) is 18.4 Å². The molecule has 2 heterocycles. The third-order valence-electron chi connectivity index (χ3n) is 3.12. The molecule has 0 unspecified atom stereocenters. The van der Waals surface area contributed by atoms with Gasteiger partial charge in [0.05, 0.1) is 11.2 Å². The first-order valence-electron chi connectivity index (χ1n) is 6.68. The molecule has 0 saturated carbocycles. The monoisotopic (exact) mass is 314 g/mol. The summed E-state index contributed by atoms with van der Waals surface area (Å²) in [4.78, 5) is 27.3. The van der Waals surface area contributed by atoms with Crippen LogP contribution in [0.15, 0.2) is 42.0 Å². The highest BCUT2D eigenvalue weighted by atomic mass is 32.1. The third-order valence-corrected chi connectivity index (χ3v) is 3.81. The van der Waals surface area contributed by atoms with Crippen LogP contribution in [-0.2, 0) is 16.1 Å². The van der Waals surface area contributed by atoms with Crippen molar-refractivity contribution >= 4 is 44.9 Å². The molecule has 0 saturated heterocycles. The Morgan fingerprint density at radius 2 is 2.14 bits per heavy atom. The largest absolute Gasteiger partial charge is 0.338 e. The minimum Gasteiger partial charge on any atom is -0.338 e. The van der Waals surface area contributed by atoms with E-state index in [0.717, 1.165) is 16.6 Å². The number of thiazole rings is 1. The van der Waals surface area contributed by atoms with Gasteiger partial charge >= 0.3 is 0 Å². The molecule has 6 nitrogen and oxygen atoms in total. The number of carbonyl (C=O) groups is 2. The summed E-state index contributed by atoms with van der Waals surface area (Å²) in [7, 11) is 0. The predicted octanol–water partition coefficient (Wildman–Crippen LogP) is 2.69. The van der Waals surface area contributed by atoms with E-state index in [2.05, 4.69) is 15.6 Å². The van der Waals surface area contributed by atoms with Crippen LogP contribution in [0.5, 0.6) is 0 Å². The molecule has 0 aliphatic carbocycles. The van der Waals surface area contributed by atoms with Crippen molar-refractivity contribution in [1.29, 1.82) is 0 Å². The van der Waals surface area contributed by atoms with Gasteiger partial charge < -0.3 is 15.2 Å². The number of nitrogens with one attached hydrogen (secondary N) is 2. The van der Waals surface area contributed by atoms with Crippen LogP contribution in [0.1, 0.15) is 6.92 Å². The lowest BCUT2D eigenvalue weighted by molar-refractivity contribution is -0.116. The van der Waals surface area contributed by atoms with E-state index in [9.17, 15) is 9.59 Å². The molecule has 22 heavy (non-hydrogen) atoms. The molecular formula is C15H14N4O2S. The second kappa shape index (κ2) is 5.98. The predicted molar refractivity (Wildman–Crippen MR) is 87.0 cm³/mol. The molecule has 0 aliphatic heterocycles. The summed E-state index contributed by atoms with van der Waals surface area (Å²) in [5, 5.41) is 8.83. The molecule has 3 rings (SSSR count). The Morgan fingerprint density at radius 3 is 2.86 bits per heavy atom. The highest BCUT2D eigenvalue weighted by molar-refractivity contribution is 7.13. The van der Waals surface area contributed by atoms with Crippen molar-refractivity contribution in [3.63, 3.8) is 0 Å². The van der Waals surface area contributed by atoms with E-state index in [1.165, 1.54) is 18.3 Å². The van der Waals surface area contributed by atoms with Gasteiger partial charge in [0.1, 0.15) is 6.54 Å². The number of hydrogen-bond donors (Lipinski definition) is 2. The lowest BCUT2D eigenvalue weighted by Crippen LogP contribution is -2.18. The van der Waals surface area contributed by atoms with Crippen molar-refractivity contribution in [2.75, 3.05) is 10.6 Å². The standard InChI is InChI=1S/C15H14N4O2S/c1-10(20)17-12-3-2-4-13-11(12)5-7-19(13)9-14(21)18-15-16-6-8-22-15/h2-8H,9H2,1H3,(H,17,20)(H,16,18,21). The van der Waals surface area contributed by atoms with Crippen LogP contribution in [0.2, 0.25) is 0 Å². The van der Waals surface area contributed by atoms with Gasteiger partial charge in [-0.3, -0.25) is 9.59 Å². The lowest BCUT2D eigenvalue weighted by atomic mass is 10.2. The zero-order valence-corrected chi connectivity index (χ0v) is 12.7. The summed E-state index contributed by atoms with van der Waals surface area (Å²) < 4.78 is 1.84. The van der Waals surface area contributed by atoms with Gasteiger partial charge in [0.15, 0.2) is 5.13 Å². The molecule has 0 fully saturated rings. The second-order valence-corrected chi connectivity index (χ2v) is 5.64. The Balaban J connectivity index is 1.82. The number of anilines is 2. The fraction of sp³-hybridized carbons (Fsp3) is 0.133. The summed E-state index contributed by atoms with van der Waals surface area (Å²) in [5.41, 5.74) is 1.63. The normalized spacial score (nSPS) is 10.6. The zero-order chi connectivity index (χ0) is 15.5. The molecule has 1 aromatic carbocycles. The maximum absolute atomic E-state index is 12.0. The first-order valence-corrected chi connectivity index (χ1v) is 7.56. The summed E-state index contributed by atoms with van der Waals surface area (Å²) in [6.45, 7) is 1.66. The Morgan fingerprint density at radius 1 is 1.27 bits per heavy atom. The van der Waals surface area contributed by atoms with Gasteiger partial charge in [-0.25, -0.2) is 4.98 Å². The Bertz CT molecular complexity index is 823. The number of benzene rings is 1. The summed E-state index contributed by atoms with van der Waals surface area (Å²) in [5.74, 6) is -0.265. The van der Waals surface area contributed by atoms with E-state index in [0.29, 0.717) is 5.13 Å². The third kappa shape index (κ3) is 2.99. The van der Waals surface area contributed by atoms with Crippen molar-refractivity contribution in [3.8, 4) is 0 Å². The van der Waals surface area contributed by atoms with Gasteiger partial charge in [-0.15, -0.1) is 11.3 Å². The number of nitrogens with zero attached hydrogens (tertiary/aromatic N) is 2. The number of amides is 2. The number of carbonyl (C=O) groups excluding carboxylic acids is 2. The molecule has 0 radical (unpaired) electrons. The van der Waals surface area contributed by atoms with Gasteiger partial charge in [0.25, 0.3) is 0 Å². The van der Waals surface area contributed by atoms with Gasteiger partial charge in [-0.1, -0.05) is 6.07 Å². The van der Waals surface area contributed by atoms with Gasteiger partial charge in [0, 0.05) is 30.1 Å². The SMILES string of the molecule is CC(=O)Nc1cccc2c1ccn2CC(=O)Nc1nccs1. The smallest absolute Gasteiger partial charge is 0.246 e. The van der Waals surface area contributed by atoms with Crippen LogP contribution in [0, 0.1) is 0 Å². The molecule has 2 amide bonds. The van der Waals surface area contributed by atoms with Crippen molar-refractivity contribution < 1.29 is 9.59 Å². The van der Waals surface area contributed by atoms with E-state index >= 15 is 0 Å². The Labute approximate surface area is 130 Å². The molecule has 0 atom stereocenters.